The molecule has 26 heavy (non-hydrogen) atoms. The quantitative estimate of drug-likeness (QED) is 0.467. The lowest BCUT2D eigenvalue weighted by molar-refractivity contribution is 0.305. The minimum absolute atomic E-state index is 0.580. The molecule has 2 aromatic rings. The van der Waals surface area contributed by atoms with Gasteiger partial charge in [0.25, 0.3) is 0 Å². The molecule has 0 unspecified atom stereocenters. The zero-order valence-electron chi connectivity index (χ0n) is 14.9. The van der Waals surface area contributed by atoms with Crippen LogP contribution < -0.4 is 0 Å². The van der Waals surface area contributed by atoms with Crippen LogP contribution in [0, 0.1) is 17.6 Å². The number of hydrogen-bond acceptors (Lipinski definition) is 0. The summed E-state index contributed by atoms with van der Waals surface area (Å²) in [4.78, 5) is 0. The SMILES string of the molecule is FC=CCCC[C@H]1CC[C@H](c2ccc(-c3ccc(F)c(F)c3)cc2)CC1. The molecule has 0 aliphatic heterocycles. The van der Waals surface area contributed by atoms with Gasteiger partial charge in [-0.25, -0.2) is 13.2 Å². The van der Waals surface area contributed by atoms with E-state index < -0.39 is 11.6 Å². The molecule has 3 rings (SSSR count). The largest absolute Gasteiger partial charge is 0.216 e. The van der Waals surface area contributed by atoms with Gasteiger partial charge in [0, 0.05) is 0 Å². The summed E-state index contributed by atoms with van der Waals surface area (Å²) in [5.74, 6) is -0.286. The topological polar surface area (TPSA) is 0 Å². The van der Waals surface area contributed by atoms with Crippen molar-refractivity contribution < 1.29 is 13.2 Å². The van der Waals surface area contributed by atoms with Crippen LogP contribution in [0.3, 0.4) is 0 Å². The monoisotopic (exact) mass is 358 g/mol. The highest BCUT2D eigenvalue weighted by Gasteiger charge is 2.22. The first-order valence-corrected chi connectivity index (χ1v) is 9.48. The highest BCUT2D eigenvalue weighted by molar-refractivity contribution is 5.63. The van der Waals surface area contributed by atoms with Crippen LogP contribution in [0.2, 0.25) is 0 Å². The molecular formula is C23H25F3. The van der Waals surface area contributed by atoms with Crippen molar-refractivity contribution in [2.24, 2.45) is 5.92 Å². The second-order valence-corrected chi connectivity index (χ2v) is 7.26. The maximum absolute atomic E-state index is 13.4. The first kappa shape index (κ1) is 18.8. The minimum Gasteiger partial charge on any atom is -0.216 e. The number of rotatable bonds is 6. The first-order chi connectivity index (χ1) is 12.7. The Morgan fingerprint density at radius 1 is 0.846 bits per heavy atom. The van der Waals surface area contributed by atoms with Crippen molar-refractivity contribution in [1.29, 1.82) is 0 Å². The number of allylic oxidation sites excluding steroid dienone is 1. The lowest BCUT2D eigenvalue weighted by Gasteiger charge is -2.29. The van der Waals surface area contributed by atoms with Crippen LogP contribution in [-0.4, -0.2) is 0 Å². The van der Waals surface area contributed by atoms with Gasteiger partial charge < -0.3 is 0 Å². The standard InChI is InChI=1S/C23H25F3/c24-15-3-1-2-4-17-5-7-18(8-6-17)19-9-11-20(12-10-19)21-13-14-22(25)23(26)16-21/h3,9-18H,1-2,4-8H2/t17-,18-. The average molecular weight is 358 g/mol. The Labute approximate surface area is 153 Å². The van der Waals surface area contributed by atoms with Crippen LogP contribution in [-0.2, 0) is 0 Å². The average Bonchev–Trinajstić information content (AvgIpc) is 2.68. The molecule has 138 valence electrons. The highest BCUT2D eigenvalue weighted by atomic mass is 19.2. The number of hydrogen-bond donors (Lipinski definition) is 0. The maximum atomic E-state index is 13.4. The molecule has 1 fully saturated rings. The molecule has 1 saturated carbocycles. The third-order valence-electron chi connectivity index (χ3n) is 5.55. The molecule has 1 aliphatic rings. The minimum atomic E-state index is -0.817. The van der Waals surface area contributed by atoms with Crippen molar-refractivity contribution in [2.45, 2.75) is 50.9 Å². The smallest absolute Gasteiger partial charge is 0.159 e. The Morgan fingerprint density at radius 3 is 2.19 bits per heavy atom. The zero-order chi connectivity index (χ0) is 18.4. The third-order valence-corrected chi connectivity index (χ3v) is 5.55. The summed E-state index contributed by atoms with van der Waals surface area (Å²) >= 11 is 0. The second kappa shape index (κ2) is 9.07. The Morgan fingerprint density at radius 2 is 1.54 bits per heavy atom. The Kier molecular flexibility index (Phi) is 6.54. The summed E-state index contributed by atoms with van der Waals surface area (Å²) < 4.78 is 38.4. The molecule has 0 saturated heterocycles. The third kappa shape index (κ3) is 4.78. The van der Waals surface area contributed by atoms with Crippen molar-refractivity contribution in [3.05, 3.63) is 72.1 Å². The van der Waals surface area contributed by atoms with E-state index in [0.717, 1.165) is 24.3 Å². The number of unbranched alkanes of at least 4 members (excludes halogenated alkanes) is 1. The van der Waals surface area contributed by atoms with E-state index >= 15 is 0 Å². The van der Waals surface area contributed by atoms with E-state index in [4.69, 9.17) is 0 Å². The number of benzene rings is 2. The van der Waals surface area contributed by atoms with Crippen molar-refractivity contribution in [3.63, 3.8) is 0 Å². The fourth-order valence-corrected chi connectivity index (χ4v) is 4.00. The van der Waals surface area contributed by atoms with Crippen molar-refractivity contribution in [1.82, 2.24) is 0 Å². The van der Waals surface area contributed by atoms with E-state index in [2.05, 4.69) is 12.1 Å². The van der Waals surface area contributed by atoms with Gasteiger partial charge in [0.05, 0.1) is 6.33 Å². The molecule has 0 heterocycles. The Bertz CT molecular complexity index is 726. The zero-order valence-corrected chi connectivity index (χ0v) is 14.9. The van der Waals surface area contributed by atoms with Crippen LogP contribution in [0.5, 0.6) is 0 Å². The van der Waals surface area contributed by atoms with E-state index in [1.54, 1.807) is 12.1 Å². The summed E-state index contributed by atoms with van der Waals surface area (Å²) in [5.41, 5.74) is 2.93. The van der Waals surface area contributed by atoms with Crippen LogP contribution in [0.25, 0.3) is 11.1 Å². The van der Waals surface area contributed by atoms with E-state index in [-0.39, 0.29) is 0 Å². The van der Waals surface area contributed by atoms with Crippen molar-refractivity contribution in [2.75, 3.05) is 0 Å². The Hall–Kier alpha value is -2.03. The molecule has 1 aliphatic carbocycles. The molecule has 0 atom stereocenters. The van der Waals surface area contributed by atoms with E-state index in [1.165, 1.54) is 49.8 Å². The molecule has 2 aromatic carbocycles. The summed E-state index contributed by atoms with van der Waals surface area (Å²) in [5, 5.41) is 0. The normalized spacial score (nSPS) is 20.6. The van der Waals surface area contributed by atoms with Gasteiger partial charge in [0.1, 0.15) is 0 Å². The van der Waals surface area contributed by atoms with E-state index in [1.807, 2.05) is 12.1 Å². The van der Waals surface area contributed by atoms with Gasteiger partial charge in [-0.3, -0.25) is 0 Å². The number of halogens is 3. The molecule has 0 nitrogen and oxygen atoms in total. The lowest BCUT2D eigenvalue weighted by atomic mass is 9.77. The van der Waals surface area contributed by atoms with E-state index in [0.29, 0.717) is 17.8 Å². The molecule has 0 amide bonds. The van der Waals surface area contributed by atoms with Gasteiger partial charge in [-0.1, -0.05) is 42.8 Å². The van der Waals surface area contributed by atoms with Gasteiger partial charge in [-0.05, 0) is 79.2 Å². The van der Waals surface area contributed by atoms with E-state index in [9.17, 15) is 13.2 Å². The van der Waals surface area contributed by atoms with Gasteiger partial charge in [0.2, 0.25) is 0 Å². The summed E-state index contributed by atoms with van der Waals surface area (Å²) in [6.45, 7) is 0. The molecule has 0 N–H and O–H groups in total. The van der Waals surface area contributed by atoms with Crippen LogP contribution in [0.15, 0.2) is 54.9 Å². The van der Waals surface area contributed by atoms with Crippen molar-refractivity contribution in [3.8, 4) is 11.1 Å². The van der Waals surface area contributed by atoms with Crippen molar-refractivity contribution >= 4 is 0 Å². The van der Waals surface area contributed by atoms with Crippen LogP contribution in [0.4, 0.5) is 13.2 Å². The molecule has 0 bridgehead atoms. The predicted molar refractivity (Wildman–Crippen MR) is 101 cm³/mol. The van der Waals surface area contributed by atoms with Gasteiger partial charge in [-0.15, -0.1) is 0 Å². The fourth-order valence-electron chi connectivity index (χ4n) is 4.00. The summed E-state index contributed by atoms with van der Waals surface area (Å²) in [7, 11) is 0. The predicted octanol–water partition coefficient (Wildman–Crippen LogP) is 7.56. The second-order valence-electron chi connectivity index (χ2n) is 7.26. The lowest BCUT2D eigenvalue weighted by Crippen LogP contribution is -2.13. The summed E-state index contributed by atoms with van der Waals surface area (Å²) in [6, 6.07) is 12.3. The van der Waals surface area contributed by atoms with Gasteiger partial charge >= 0.3 is 0 Å². The first-order valence-electron chi connectivity index (χ1n) is 9.48. The Balaban J connectivity index is 1.55. The highest BCUT2D eigenvalue weighted by Crippen LogP contribution is 2.38. The van der Waals surface area contributed by atoms with Crippen LogP contribution in [0.1, 0.15) is 56.4 Å². The summed E-state index contributed by atoms with van der Waals surface area (Å²) in [6.07, 6.45) is 10.2. The molecule has 0 spiro atoms. The molecule has 0 radical (unpaired) electrons. The maximum Gasteiger partial charge on any atom is 0.159 e. The van der Waals surface area contributed by atoms with Crippen LogP contribution >= 0.6 is 0 Å². The molecule has 0 aromatic heterocycles. The molecular weight excluding hydrogens is 333 g/mol. The van der Waals surface area contributed by atoms with Gasteiger partial charge in [-0.2, -0.15) is 0 Å². The van der Waals surface area contributed by atoms with Gasteiger partial charge in [0.15, 0.2) is 11.6 Å². The molecule has 3 heteroatoms. The fraction of sp³-hybridized carbons (Fsp3) is 0.391.